The van der Waals surface area contributed by atoms with E-state index >= 15 is 0 Å². The minimum absolute atomic E-state index is 0.000323. The minimum atomic E-state index is -0.624. The first kappa shape index (κ1) is 22.5. The van der Waals surface area contributed by atoms with Crippen molar-refractivity contribution >= 4 is 5.78 Å². The number of fused-ring (bicyclic) bond motifs is 5. The third-order valence-electron chi connectivity index (χ3n) is 10.6. The molecule has 0 bridgehead atoms. The Morgan fingerprint density at radius 2 is 1.70 bits per heavy atom. The zero-order chi connectivity index (χ0) is 22.0. The average molecular weight is 419 g/mol. The van der Waals surface area contributed by atoms with Crippen LogP contribution in [0.2, 0.25) is 0 Å². The quantitative estimate of drug-likeness (QED) is 0.603. The van der Waals surface area contributed by atoms with Crippen LogP contribution in [0.25, 0.3) is 0 Å². The molecule has 0 spiro atoms. The van der Waals surface area contributed by atoms with Crippen LogP contribution < -0.4 is 0 Å². The fourth-order valence-corrected chi connectivity index (χ4v) is 8.85. The maximum absolute atomic E-state index is 13.0. The molecule has 4 saturated carbocycles. The van der Waals surface area contributed by atoms with Gasteiger partial charge in [0.1, 0.15) is 0 Å². The van der Waals surface area contributed by atoms with Crippen molar-refractivity contribution < 1.29 is 20.1 Å². The molecule has 4 unspecified atom stereocenters. The maximum Gasteiger partial charge on any atom is 0.161 e. The lowest BCUT2D eigenvalue weighted by atomic mass is 9.44. The van der Waals surface area contributed by atoms with Gasteiger partial charge in [-0.25, -0.2) is 0 Å². The van der Waals surface area contributed by atoms with Gasteiger partial charge in [-0.1, -0.05) is 26.8 Å². The number of carbonyl (C=O) groups excluding carboxylic acids is 1. The van der Waals surface area contributed by atoms with Crippen molar-refractivity contribution in [2.45, 2.75) is 97.9 Å². The second-order valence-corrected chi connectivity index (χ2v) is 11.7. The van der Waals surface area contributed by atoms with Gasteiger partial charge in [-0.05, 0) is 105 Å². The third kappa shape index (κ3) is 3.16. The number of ketones is 1. The highest BCUT2D eigenvalue weighted by molar-refractivity contribution is 5.96. The van der Waals surface area contributed by atoms with E-state index in [1.165, 1.54) is 0 Å². The number of hydrogen-bond donors (Lipinski definition) is 3. The number of rotatable bonds is 3. The Bertz CT molecular complexity index is 716. The molecule has 0 aromatic carbocycles. The Morgan fingerprint density at radius 1 is 1.00 bits per heavy atom. The summed E-state index contributed by atoms with van der Waals surface area (Å²) in [7, 11) is 0. The summed E-state index contributed by atoms with van der Waals surface area (Å²) in [5.74, 6) is 2.06. The van der Waals surface area contributed by atoms with E-state index in [9.17, 15) is 20.1 Å². The Balaban J connectivity index is 1.62. The fourth-order valence-electron chi connectivity index (χ4n) is 8.85. The molecule has 4 rings (SSSR count). The molecule has 0 amide bonds. The molecule has 4 nitrogen and oxygen atoms in total. The SMILES string of the molecule is C/C=C(\C)C(=O)[C@@H](C)[C@H]1CC(O)[C@H]2[C@@H]3CCC4CC(O)C(O)C[C@]4(C)[C@H]3CC[C@]12C. The second kappa shape index (κ2) is 7.71. The molecule has 4 fully saturated rings. The van der Waals surface area contributed by atoms with Crippen LogP contribution in [0.15, 0.2) is 11.6 Å². The van der Waals surface area contributed by atoms with Crippen LogP contribution in [0.3, 0.4) is 0 Å². The highest BCUT2D eigenvalue weighted by Gasteiger charge is 2.64. The van der Waals surface area contributed by atoms with E-state index < -0.39 is 12.2 Å². The molecule has 0 aromatic heterocycles. The lowest BCUT2D eigenvalue weighted by Crippen LogP contribution is -2.57. The predicted molar refractivity (Wildman–Crippen MR) is 118 cm³/mol. The summed E-state index contributed by atoms with van der Waals surface area (Å²) in [6.45, 7) is 10.6. The molecular formula is C26H42O4. The number of carbonyl (C=O) groups is 1. The van der Waals surface area contributed by atoms with Crippen molar-refractivity contribution in [3.8, 4) is 0 Å². The second-order valence-electron chi connectivity index (χ2n) is 11.7. The summed E-state index contributed by atoms with van der Waals surface area (Å²) in [4.78, 5) is 13.0. The summed E-state index contributed by atoms with van der Waals surface area (Å²) in [6, 6.07) is 0. The number of aliphatic hydroxyl groups is 3. The standard InChI is InChI=1S/C26H42O4/c1-6-14(2)24(30)15(3)19-12-21(28)23-17-8-7-16-11-20(27)22(29)13-26(16,5)18(17)9-10-25(19,23)4/h6,15-23,27-29H,7-13H2,1-5H3/b14-6+/t15-,16?,17+,18-,19+,20?,21?,22?,23+,25+,26-/m0/s1. The summed E-state index contributed by atoms with van der Waals surface area (Å²) >= 11 is 0. The molecule has 0 aromatic rings. The molecule has 4 aliphatic rings. The highest BCUT2D eigenvalue weighted by Crippen LogP contribution is 2.68. The van der Waals surface area contributed by atoms with Gasteiger partial charge < -0.3 is 15.3 Å². The largest absolute Gasteiger partial charge is 0.393 e. The van der Waals surface area contributed by atoms with Gasteiger partial charge in [0.05, 0.1) is 18.3 Å². The van der Waals surface area contributed by atoms with Gasteiger partial charge in [0.15, 0.2) is 5.78 Å². The number of Topliss-reactive ketones (excluding diaryl/α,β-unsaturated/α-hetero) is 1. The highest BCUT2D eigenvalue weighted by atomic mass is 16.3. The van der Waals surface area contributed by atoms with Crippen molar-refractivity contribution in [3.63, 3.8) is 0 Å². The Kier molecular flexibility index (Phi) is 5.77. The van der Waals surface area contributed by atoms with Crippen LogP contribution in [0.5, 0.6) is 0 Å². The van der Waals surface area contributed by atoms with Gasteiger partial charge >= 0.3 is 0 Å². The lowest BCUT2D eigenvalue weighted by Gasteiger charge is -2.61. The summed E-state index contributed by atoms with van der Waals surface area (Å²) in [6.07, 6.45) is 6.83. The molecule has 170 valence electrons. The van der Waals surface area contributed by atoms with E-state index in [0.29, 0.717) is 30.6 Å². The van der Waals surface area contributed by atoms with Crippen molar-refractivity contribution in [3.05, 3.63) is 11.6 Å². The van der Waals surface area contributed by atoms with E-state index in [4.69, 9.17) is 0 Å². The van der Waals surface area contributed by atoms with E-state index in [-0.39, 0.29) is 40.5 Å². The molecule has 4 aliphatic carbocycles. The van der Waals surface area contributed by atoms with Gasteiger partial charge in [-0.3, -0.25) is 4.79 Å². The maximum atomic E-state index is 13.0. The number of allylic oxidation sites excluding steroid dienone is 2. The predicted octanol–water partition coefficient (Wildman–Crippen LogP) is 4.12. The molecular weight excluding hydrogens is 376 g/mol. The van der Waals surface area contributed by atoms with Crippen LogP contribution in [-0.2, 0) is 4.79 Å². The topological polar surface area (TPSA) is 77.8 Å². The van der Waals surface area contributed by atoms with Crippen LogP contribution in [0.4, 0.5) is 0 Å². The fraction of sp³-hybridized carbons (Fsp3) is 0.885. The molecule has 3 N–H and O–H groups in total. The first-order valence-corrected chi connectivity index (χ1v) is 12.3. The van der Waals surface area contributed by atoms with Gasteiger partial charge in [-0.2, -0.15) is 0 Å². The number of aliphatic hydroxyl groups excluding tert-OH is 3. The normalized spacial score (nSPS) is 52.2. The molecule has 4 heteroatoms. The van der Waals surface area contributed by atoms with Crippen molar-refractivity contribution in [2.75, 3.05) is 0 Å². The van der Waals surface area contributed by atoms with E-state index in [0.717, 1.165) is 37.7 Å². The van der Waals surface area contributed by atoms with Crippen LogP contribution in [0, 0.1) is 46.3 Å². The number of hydrogen-bond acceptors (Lipinski definition) is 4. The Morgan fingerprint density at radius 3 is 2.37 bits per heavy atom. The molecule has 0 saturated heterocycles. The van der Waals surface area contributed by atoms with E-state index in [2.05, 4.69) is 20.8 Å². The summed E-state index contributed by atoms with van der Waals surface area (Å²) in [5, 5.41) is 32.0. The van der Waals surface area contributed by atoms with Gasteiger partial charge in [0.25, 0.3) is 0 Å². The van der Waals surface area contributed by atoms with E-state index in [1.807, 2.05) is 19.9 Å². The monoisotopic (exact) mass is 418 g/mol. The molecule has 0 aliphatic heterocycles. The zero-order valence-electron chi connectivity index (χ0n) is 19.5. The van der Waals surface area contributed by atoms with Gasteiger partial charge in [0.2, 0.25) is 0 Å². The molecule has 0 radical (unpaired) electrons. The third-order valence-corrected chi connectivity index (χ3v) is 10.6. The van der Waals surface area contributed by atoms with Crippen LogP contribution in [0.1, 0.15) is 79.6 Å². The van der Waals surface area contributed by atoms with Crippen molar-refractivity contribution in [2.24, 2.45) is 46.3 Å². The molecule has 30 heavy (non-hydrogen) atoms. The van der Waals surface area contributed by atoms with Crippen LogP contribution in [-0.4, -0.2) is 39.4 Å². The smallest absolute Gasteiger partial charge is 0.161 e. The lowest BCUT2D eigenvalue weighted by molar-refractivity contribution is -0.169. The Labute approximate surface area is 182 Å². The summed E-state index contributed by atoms with van der Waals surface area (Å²) < 4.78 is 0. The summed E-state index contributed by atoms with van der Waals surface area (Å²) in [5.41, 5.74) is 0.879. The van der Waals surface area contributed by atoms with Crippen LogP contribution >= 0.6 is 0 Å². The van der Waals surface area contributed by atoms with Gasteiger partial charge in [-0.15, -0.1) is 0 Å². The van der Waals surface area contributed by atoms with Crippen molar-refractivity contribution in [1.29, 1.82) is 0 Å². The zero-order valence-corrected chi connectivity index (χ0v) is 19.5. The molecule has 0 heterocycles. The molecule has 11 atom stereocenters. The first-order chi connectivity index (χ1) is 14.0. The first-order valence-electron chi connectivity index (χ1n) is 12.3. The average Bonchev–Trinajstić information content (AvgIpc) is 2.98. The minimum Gasteiger partial charge on any atom is -0.393 e. The van der Waals surface area contributed by atoms with E-state index in [1.54, 1.807) is 0 Å². The van der Waals surface area contributed by atoms with Crippen molar-refractivity contribution in [1.82, 2.24) is 0 Å². The Hall–Kier alpha value is -0.710. The van der Waals surface area contributed by atoms with Gasteiger partial charge in [0, 0.05) is 5.92 Å².